The molecule has 1 aromatic rings. The molecule has 1 saturated heterocycles. The molecule has 2 rings (SSSR count). The number of carboxylic acids is 1. The summed E-state index contributed by atoms with van der Waals surface area (Å²) in [5.41, 5.74) is 1.02. The van der Waals surface area contributed by atoms with Crippen LogP contribution in [-0.2, 0) is 5.41 Å². The van der Waals surface area contributed by atoms with Gasteiger partial charge in [0.05, 0.1) is 5.56 Å². The van der Waals surface area contributed by atoms with Crippen LogP contribution in [0.5, 0.6) is 0 Å². The van der Waals surface area contributed by atoms with E-state index in [1.807, 2.05) is 0 Å². The van der Waals surface area contributed by atoms with Crippen molar-refractivity contribution in [2.24, 2.45) is 5.92 Å². The Hall–Kier alpha value is -1.58. The molecule has 0 bridgehead atoms. The van der Waals surface area contributed by atoms with Gasteiger partial charge in [0, 0.05) is 24.2 Å². The molecular formula is C16H24N2O2. The molecule has 110 valence electrons. The molecule has 1 fully saturated rings. The molecule has 0 aromatic carbocycles. The van der Waals surface area contributed by atoms with E-state index in [1.54, 1.807) is 12.1 Å². The Morgan fingerprint density at radius 2 is 1.90 bits per heavy atom. The van der Waals surface area contributed by atoms with Crippen molar-refractivity contribution in [3.05, 3.63) is 23.4 Å². The van der Waals surface area contributed by atoms with Crippen LogP contribution in [0.1, 0.15) is 56.6 Å². The molecule has 1 aliphatic rings. The van der Waals surface area contributed by atoms with Crippen molar-refractivity contribution in [3.8, 4) is 0 Å². The van der Waals surface area contributed by atoms with Crippen LogP contribution in [0.4, 0.5) is 5.82 Å². The maximum Gasteiger partial charge on any atom is 0.335 e. The van der Waals surface area contributed by atoms with E-state index in [9.17, 15) is 9.90 Å². The quantitative estimate of drug-likeness (QED) is 0.900. The predicted molar refractivity (Wildman–Crippen MR) is 80.5 cm³/mol. The maximum atomic E-state index is 11.3. The predicted octanol–water partition coefficient (Wildman–Crippen LogP) is 3.31. The number of piperidine rings is 1. The molecule has 4 nitrogen and oxygen atoms in total. The van der Waals surface area contributed by atoms with Gasteiger partial charge >= 0.3 is 5.97 Å². The molecule has 0 unspecified atom stereocenters. The van der Waals surface area contributed by atoms with Gasteiger partial charge in [0.2, 0.25) is 0 Å². The highest BCUT2D eigenvalue weighted by Gasteiger charge is 2.23. The lowest BCUT2D eigenvalue weighted by molar-refractivity contribution is 0.0696. The van der Waals surface area contributed by atoms with Gasteiger partial charge < -0.3 is 10.0 Å². The van der Waals surface area contributed by atoms with Crippen molar-refractivity contribution in [2.45, 2.75) is 46.0 Å². The number of carbonyl (C=O) groups is 1. The SMILES string of the molecule is CC1CCN(c2cc(C(=O)O)cc(C(C)(C)C)n2)CC1. The summed E-state index contributed by atoms with van der Waals surface area (Å²) in [6, 6.07) is 3.39. The molecule has 0 amide bonds. The van der Waals surface area contributed by atoms with Crippen LogP contribution in [0.3, 0.4) is 0 Å². The van der Waals surface area contributed by atoms with E-state index in [4.69, 9.17) is 4.98 Å². The summed E-state index contributed by atoms with van der Waals surface area (Å²) in [5, 5.41) is 9.29. The number of hydrogen-bond donors (Lipinski definition) is 1. The van der Waals surface area contributed by atoms with E-state index in [-0.39, 0.29) is 5.41 Å². The Bertz CT molecular complexity index is 498. The number of pyridine rings is 1. The maximum absolute atomic E-state index is 11.3. The number of aromatic carboxylic acids is 1. The Kier molecular flexibility index (Phi) is 4.02. The first-order chi connectivity index (χ1) is 9.27. The first kappa shape index (κ1) is 14.8. The summed E-state index contributed by atoms with van der Waals surface area (Å²) >= 11 is 0. The Morgan fingerprint density at radius 3 is 2.40 bits per heavy atom. The van der Waals surface area contributed by atoms with Gasteiger partial charge in [0.1, 0.15) is 5.82 Å². The van der Waals surface area contributed by atoms with Gasteiger partial charge in [-0.05, 0) is 30.9 Å². The average Bonchev–Trinajstić information content (AvgIpc) is 2.38. The Morgan fingerprint density at radius 1 is 1.30 bits per heavy atom. The molecule has 0 radical (unpaired) electrons. The molecule has 2 heterocycles. The van der Waals surface area contributed by atoms with E-state index in [0.29, 0.717) is 5.56 Å². The monoisotopic (exact) mass is 276 g/mol. The van der Waals surface area contributed by atoms with Crippen molar-refractivity contribution < 1.29 is 9.90 Å². The number of nitrogens with zero attached hydrogens (tertiary/aromatic N) is 2. The van der Waals surface area contributed by atoms with Gasteiger partial charge in [0.15, 0.2) is 0 Å². The van der Waals surface area contributed by atoms with Gasteiger partial charge in [-0.3, -0.25) is 0 Å². The molecule has 1 aromatic heterocycles. The number of carboxylic acid groups (broad SMARTS) is 1. The van der Waals surface area contributed by atoms with Gasteiger partial charge in [-0.2, -0.15) is 0 Å². The molecule has 0 saturated carbocycles. The first-order valence-corrected chi connectivity index (χ1v) is 7.28. The summed E-state index contributed by atoms with van der Waals surface area (Å²) in [6.45, 7) is 10.4. The lowest BCUT2D eigenvalue weighted by Crippen LogP contribution is -2.34. The van der Waals surface area contributed by atoms with Crippen molar-refractivity contribution in [1.82, 2.24) is 4.98 Å². The summed E-state index contributed by atoms with van der Waals surface area (Å²) in [5.74, 6) is 0.669. The smallest absolute Gasteiger partial charge is 0.335 e. The highest BCUT2D eigenvalue weighted by atomic mass is 16.4. The molecule has 0 spiro atoms. The van der Waals surface area contributed by atoms with Gasteiger partial charge in [0.25, 0.3) is 0 Å². The first-order valence-electron chi connectivity index (χ1n) is 7.28. The van der Waals surface area contributed by atoms with Crippen LogP contribution in [0.15, 0.2) is 12.1 Å². The third-order valence-corrected chi connectivity index (χ3v) is 3.93. The molecular weight excluding hydrogens is 252 g/mol. The normalized spacial score (nSPS) is 17.3. The highest BCUT2D eigenvalue weighted by Crippen LogP contribution is 2.27. The molecule has 1 aliphatic heterocycles. The van der Waals surface area contributed by atoms with Crippen molar-refractivity contribution in [2.75, 3.05) is 18.0 Å². The number of aromatic nitrogens is 1. The van der Waals surface area contributed by atoms with Crippen molar-refractivity contribution >= 4 is 11.8 Å². The minimum absolute atomic E-state index is 0.150. The molecule has 4 heteroatoms. The summed E-state index contributed by atoms with van der Waals surface area (Å²) < 4.78 is 0. The second-order valence-electron chi connectivity index (χ2n) is 6.82. The van der Waals surface area contributed by atoms with Crippen LogP contribution < -0.4 is 4.90 Å². The van der Waals surface area contributed by atoms with Crippen molar-refractivity contribution in [3.63, 3.8) is 0 Å². The van der Waals surface area contributed by atoms with E-state index in [0.717, 1.165) is 43.4 Å². The molecule has 0 atom stereocenters. The van der Waals surface area contributed by atoms with Crippen LogP contribution in [-0.4, -0.2) is 29.1 Å². The largest absolute Gasteiger partial charge is 0.478 e. The van der Waals surface area contributed by atoms with Crippen molar-refractivity contribution in [1.29, 1.82) is 0 Å². The zero-order chi connectivity index (χ0) is 14.9. The molecule has 1 N–H and O–H groups in total. The summed E-state index contributed by atoms with van der Waals surface area (Å²) in [6.07, 6.45) is 2.29. The van der Waals surface area contributed by atoms with E-state index in [1.165, 1.54) is 0 Å². The van der Waals surface area contributed by atoms with Crippen LogP contribution in [0.25, 0.3) is 0 Å². The fraction of sp³-hybridized carbons (Fsp3) is 0.625. The standard InChI is InChI=1S/C16H24N2O2/c1-11-5-7-18(8-6-11)14-10-12(15(19)20)9-13(17-14)16(2,3)4/h9-11H,5-8H2,1-4H3,(H,19,20). The van der Waals surface area contributed by atoms with Crippen LogP contribution in [0, 0.1) is 5.92 Å². The third-order valence-electron chi connectivity index (χ3n) is 3.93. The lowest BCUT2D eigenvalue weighted by atomic mass is 9.90. The van der Waals surface area contributed by atoms with Crippen LogP contribution in [0.2, 0.25) is 0 Å². The third kappa shape index (κ3) is 3.30. The molecule has 20 heavy (non-hydrogen) atoms. The Balaban J connectivity index is 2.37. The number of anilines is 1. The van der Waals surface area contributed by atoms with Gasteiger partial charge in [-0.25, -0.2) is 9.78 Å². The second kappa shape index (κ2) is 5.43. The fourth-order valence-electron chi connectivity index (χ4n) is 2.42. The lowest BCUT2D eigenvalue weighted by Gasteiger charge is -2.32. The van der Waals surface area contributed by atoms with Crippen LogP contribution >= 0.6 is 0 Å². The topological polar surface area (TPSA) is 53.4 Å². The summed E-state index contributed by atoms with van der Waals surface area (Å²) in [7, 11) is 0. The second-order valence-corrected chi connectivity index (χ2v) is 6.82. The zero-order valence-corrected chi connectivity index (χ0v) is 12.8. The minimum atomic E-state index is -0.885. The minimum Gasteiger partial charge on any atom is -0.478 e. The fourth-order valence-corrected chi connectivity index (χ4v) is 2.42. The average molecular weight is 276 g/mol. The number of rotatable bonds is 2. The van der Waals surface area contributed by atoms with E-state index in [2.05, 4.69) is 32.6 Å². The molecule has 0 aliphatic carbocycles. The van der Waals surface area contributed by atoms with Gasteiger partial charge in [-0.15, -0.1) is 0 Å². The zero-order valence-electron chi connectivity index (χ0n) is 12.8. The van der Waals surface area contributed by atoms with Gasteiger partial charge in [-0.1, -0.05) is 27.7 Å². The van der Waals surface area contributed by atoms with E-state index < -0.39 is 5.97 Å². The summed E-state index contributed by atoms with van der Waals surface area (Å²) in [4.78, 5) is 18.2. The Labute approximate surface area is 120 Å². The van der Waals surface area contributed by atoms with E-state index >= 15 is 0 Å². The highest BCUT2D eigenvalue weighted by molar-refractivity contribution is 5.88. The number of hydrogen-bond acceptors (Lipinski definition) is 3.